The molecular weight excluding hydrogens is 240 g/mol. The first kappa shape index (κ1) is 11.5. The maximum absolute atomic E-state index is 10.8. The minimum atomic E-state index is -0.900. The lowest BCUT2D eigenvalue weighted by Gasteiger charge is -2.08. The maximum atomic E-state index is 10.8. The molecule has 0 bridgehead atoms. The molecule has 0 atom stereocenters. The highest BCUT2D eigenvalue weighted by molar-refractivity contribution is 6.32. The molecule has 0 saturated heterocycles. The van der Waals surface area contributed by atoms with Crippen molar-refractivity contribution in [2.75, 3.05) is 0 Å². The molecule has 0 aromatic carbocycles. The third-order valence-electron chi connectivity index (χ3n) is 2.30. The van der Waals surface area contributed by atoms with Crippen LogP contribution in [0.5, 0.6) is 0 Å². The predicted molar refractivity (Wildman–Crippen MR) is 63.8 cm³/mol. The molecule has 0 radical (unpaired) electrons. The van der Waals surface area contributed by atoms with Crippen LogP contribution in [0.15, 0.2) is 36.8 Å². The Morgan fingerprint density at radius 1 is 1.24 bits per heavy atom. The second kappa shape index (κ2) is 4.93. The van der Waals surface area contributed by atoms with E-state index in [0.29, 0.717) is 16.3 Å². The summed E-state index contributed by atoms with van der Waals surface area (Å²) in [6, 6.07) is 5.21. The minimum absolute atomic E-state index is 0.0834. The third-order valence-corrected chi connectivity index (χ3v) is 2.59. The summed E-state index contributed by atoms with van der Waals surface area (Å²) in [5, 5.41) is 9.15. The van der Waals surface area contributed by atoms with Gasteiger partial charge in [-0.05, 0) is 29.3 Å². The lowest BCUT2D eigenvalue weighted by atomic mass is 10.0. The van der Waals surface area contributed by atoms with E-state index in [1.165, 1.54) is 6.20 Å². The Morgan fingerprint density at radius 3 is 2.59 bits per heavy atom. The summed E-state index contributed by atoms with van der Waals surface area (Å²) < 4.78 is 0. The Balaban J connectivity index is 2.55. The van der Waals surface area contributed by atoms with Gasteiger partial charge in [-0.3, -0.25) is 9.78 Å². The van der Waals surface area contributed by atoms with E-state index in [4.69, 9.17) is 16.7 Å². The van der Waals surface area contributed by atoms with Crippen molar-refractivity contribution >= 4 is 17.6 Å². The van der Waals surface area contributed by atoms with Crippen molar-refractivity contribution in [2.24, 2.45) is 0 Å². The standard InChI is InChI=1S/C12H9ClN2O2/c13-12-11(8-1-4-14-5-2-8)9(3-6-15-12)7-10(16)17/h1-6H,7H2,(H,16,17). The van der Waals surface area contributed by atoms with Gasteiger partial charge in [-0.1, -0.05) is 11.6 Å². The molecule has 0 fully saturated rings. The van der Waals surface area contributed by atoms with E-state index in [-0.39, 0.29) is 6.42 Å². The zero-order chi connectivity index (χ0) is 12.3. The number of carboxylic acids is 1. The van der Waals surface area contributed by atoms with Gasteiger partial charge in [-0.25, -0.2) is 4.98 Å². The summed E-state index contributed by atoms with van der Waals surface area (Å²) in [6.07, 6.45) is 4.68. The molecule has 2 aromatic heterocycles. The summed E-state index contributed by atoms with van der Waals surface area (Å²) in [5.74, 6) is -0.900. The summed E-state index contributed by atoms with van der Waals surface area (Å²) in [7, 11) is 0. The molecule has 0 aliphatic carbocycles. The average Bonchev–Trinajstić information content (AvgIpc) is 2.29. The van der Waals surface area contributed by atoms with Crippen molar-refractivity contribution in [1.82, 2.24) is 9.97 Å². The number of hydrogen-bond donors (Lipinski definition) is 1. The summed E-state index contributed by atoms with van der Waals surface area (Å²) in [4.78, 5) is 18.7. The lowest BCUT2D eigenvalue weighted by molar-refractivity contribution is -0.136. The van der Waals surface area contributed by atoms with Crippen LogP contribution in [0.25, 0.3) is 11.1 Å². The largest absolute Gasteiger partial charge is 0.481 e. The Hall–Kier alpha value is -1.94. The zero-order valence-corrected chi connectivity index (χ0v) is 9.55. The van der Waals surface area contributed by atoms with Gasteiger partial charge in [0, 0.05) is 24.2 Å². The van der Waals surface area contributed by atoms with Crippen LogP contribution in [-0.2, 0) is 11.2 Å². The first-order valence-corrected chi connectivity index (χ1v) is 5.32. The number of halogens is 1. The average molecular weight is 249 g/mol. The molecule has 0 amide bonds. The molecule has 4 nitrogen and oxygen atoms in total. The van der Waals surface area contributed by atoms with Crippen molar-refractivity contribution in [3.63, 3.8) is 0 Å². The highest BCUT2D eigenvalue weighted by Crippen LogP contribution is 2.29. The van der Waals surface area contributed by atoms with Crippen LogP contribution in [0.1, 0.15) is 5.56 Å². The van der Waals surface area contributed by atoms with E-state index in [2.05, 4.69) is 9.97 Å². The summed E-state index contributed by atoms with van der Waals surface area (Å²) in [5.41, 5.74) is 2.11. The van der Waals surface area contributed by atoms with E-state index >= 15 is 0 Å². The fourth-order valence-electron chi connectivity index (χ4n) is 1.61. The molecule has 0 aliphatic rings. The van der Waals surface area contributed by atoms with Gasteiger partial charge in [0.2, 0.25) is 0 Å². The molecule has 0 saturated carbocycles. The SMILES string of the molecule is O=C(O)Cc1ccnc(Cl)c1-c1ccncc1. The van der Waals surface area contributed by atoms with Crippen molar-refractivity contribution in [3.05, 3.63) is 47.5 Å². The zero-order valence-electron chi connectivity index (χ0n) is 8.80. The molecule has 0 unspecified atom stereocenters. The van der Waals surface area contributed by atoms with Gasteiger partial charge in [0.25, 0.3) is 0 Å². The smallest absolute Gasteiger partial charge is 0.307 e. The van der Waals surface area contributed by atoms with Gasteiger partial charge < -0.3 is 5.11 Å². The molecule has 0 spiro atoms. The fraction of sp³-hybridized carbons (Fsp3) is 0.0833. The third kappa shape index (κ3) is 2.60. The molecule has 1 N–H and O–H groups in total. The van der Waals surface area contributed by atoms with Crippen molar-refractivity contribution < 1.29 is 9.90 Å². The van der Waals surface area contributed by atoms with Crippen LogP contribution in [0.2, 0.25) is 5.15 Å². The number of pyridine rings is 2. The van der Waals surface area contributed by atoms with Crippen LogP contribution < -0.4 is 0 Å². The Bertz CT molecular complexity index is 543. The molecule has 2 aromatic rings. The first-order valence-electron chi connectivity index (χ1n) is 4.94. The molecule has 86 valence electrons. The lowest BCUT2D eigenvalue weighted by Crippen LogP contribution is -2.02. The monoisotopic (exact) mass is 248 g/mol. The summed E-state index contributed by atoms with van der Waals surface area (Å²) in [6.45, 7) is 0. The van der Waals surface area contributed by atoms with Gasteiger partial charge >= 0.3 is 5.97 Å². The van der Waals surface area contributed by atoms with E-state index < -0.39 is 5.97 Å². The maximum Gasteiger partial charge on any atom is 0.307 e. The number of rotatable bonds is 3. The van der Waals surface area contributed by atoms with Crippen molar-refractivity contribution in [3.8, 4) is 11.1 Å². The highest BCUT2D eigenvalue weighted by Gasteiger charge is 2.12. The first-order chi connectivity index (χ1) is 8.18. The van der Waals surface area contributed by atoms with Gasteiger partial charge in [-0.15, -0.1) is 0 Å². The van der Waals surface area contributed by atoms with Gasteiger partial charge in [0.05, 0.1) is 6.42 Å². The van der Waals surface area contributed by atoms with Crippen LogP contribution in [-0.4, -0.2) is 21.0 Å². The van der Waals surface area contributed by atoms with Crippen molar-refractivity contribution in [2.45, 2.75) is 6.42 Å². The van der Waals surface area contributed by atoms with Crippen LogP contribution in [0.4, 0.5) is 0 Å². The Labute approximate surface area is 103 Å². The number of carboxylic acid groups (broad SMARTS) is 1. The number of hydrogen-bond acceptors (Lipinski definition) is 3. The second-order valence-corrected chi connectivity index (χ2v) is 3.80. The second-order valence-electron chi connectivity index (χ2n) is 3.44. The number of aromatic nitrogens is 2. The predicted octanol–water partition coefficient (Wildman–Crippen LogP) is 2.42. The Kier molecular flexibility index (Phi) is 3.35. The molecule has 2 rings (SSSR count). The topological polar surface area (TPSA) is 63.1 Å². The molecular formula is C12H9ClN2O2. The van der Waals surface area contributed by atoms with Crippen LogP contribution in [0.3, 0.4) is 0 Å². The number of carbonyl (C=O) groups is 1. The molecule has 5 heteroatoms. The fourth-order valence-corrected chi connectivity index (χ4v) is 1.89. The van der Waals surface area contributed by atoms with E-state index in [9.17, 15) is 4.79 Å². The van der Waals surface area contributed by atoms with Crippen molar-refractivity contribution in [1.29, 1.82) is 0 Å². The van der Waals surface area contributed by atoms with Gasteiger partial charge in [-0.2, -0.15) is 0 Å². The highest BCUT2D eigenvalue weighted by atomic mass is 35.5. The van der Waals surface area contributed by atoms with E-state index in [1.807, 2.05) is 0 Å². The minimum Gasteiger partial charge on any atom is -0.481 e. The van der Waals surface area contributed by atoms with Gasteiger partial charge in [0.1, 0.15) is 5.15 Å². The number of nitrogens with zero attached hydrogens (tertiary/aromatic N) is 2. The Morgan fingerprint density at radius 2 is 1.94 bits per heavy atom. The molecule has 17 heavy (non-hydrogen) atoms. The van der Waals surface area contributed by atoms with E-state index in [1.54, 1.807) is 30.6 Å². The van der Waals surface area contributed by atoms with Gasteiger partial charge in [0.15, 0.2) is 0 Å². The van der Waals surface area contributed by atoms with Crippen LogP contribution in [0, 0.1) is 0 Å². The molecule has 2 heterocycles. The normalized spacial score (nSPS) is 10.2. The van der Waals surface area contributed by atoms with E-state index in [0.717, 1.165) is 5.56 Å². The number of aliphatic carboxylic acids is 1. The quantitative estimate of drug-likeness (QED) is 0.848. The summed E-state index contributed by atoms with van der Waals surface area (Å²) >= 11 is 6.02. The van der Waals surface area contributed by atoms with Crippen LogP contribution >= 0.6 is 11.6 Å². The molecule has 0 aliphatic heterocycles.